The molecule has 0 aliphatic carbocycles. The number of nitrogens with zero attached hydrogens (tertiary/aromatic N) is 1. The first-order valence-corrected chi connectivity index (χ1v) is 10.4. The van der Waals surface area contributed by atoms with Crippen LogP contribution in [0.5, 0.6) is 0 Å². The Hall–Kier alpha value is -1.10. The molecular formula is C21H43N4O. The molecule has 0 fully saturated rings. The molecule has 5 nitrogen and oxygen atoms in total. The van der Waals surface area contributed by atoms with Crippen molar-refractivity contribution in [3.63, 3.8) is 0 Å². The van der Waals surface area contributed by atoms with E-state index in [9.17, 15) is 4.79 Å². The van der Waals surface area contributed by atoms with Gasteiger partial charge in [0.05, 0.1) is 0 Å². The molecule has 1 unspecified atom stereocenters. The first-order valence-electron chi connectivity index (χ1n) is 10.4. The fourth-order valence-corrected chi connectivity index (χ4v) is 3.47. The lowest BCUT2D eigenvalue weighted by molar-refractivity contribution is -0.130. The fourth-order valence-electron chi connectivity index (χ4n) is 3.47. The highest BCUT2D eigenvalue weighted by molar-refractivity contribution is 5.95. The third kappa shape index (κ3) is 9.02. The number of rotatable bonds is 14. The lowest BCUT2D eigenvalue weighted by Crippen LogP contribution is -2.45. The topological polar surface area (TPSA) is 82.2 Å². The number of amides is 1. The molecule has 0 aromatic heterocycles. The van der Waals surface area contributed by atoms with Gasteiger partial charge in [-0.3, -0.25) is 15.1 Å². The molecular weight excluding hydrogens is 324 g/mol. The Kier molecular flexibility index (Phi) is 12.6. The number of nitrogens with two attached hydrogens (primary N) is 1. The van der Waals surface area contributed by atoms with Crippen LogP contribution < -0.4 is 11.1 Å². The molecule has 0 rings (SSSR count). The monoisotopic (exact) mass is 367 g/mol. The van der Waals surface area contributed by atoms with E-state index in [4.69, 9.17) is 11.1 Å². The Labute approximate surface area is 162 Å². The molecule has 0 saturated heterocycles. The quantitative estimate of drug-likeness (QED) is 0.245. The molecule has 153 valence electrons. The number of carbonyl (C=O) groups excluding carboxylic acids is 1. The fraction of sp³-hybridized carbons (Fsp3) is 0.857. The zero-order chi connectivity index (χ0) is 20.2. The van der Waals surface area contributed by atoms with Crippen molar-refractivity contribution in [1.82, 2.24) is 10.2 Å². The molecule has 0 aromatic carbocycles. The van der Waals surface area contributed by atoms with Gasteiger partial charge in [-0.1, -0.05) is 54.4 Å². The molecule has 4 N–H and O–H groups in total. The molecule has 0 saturated carbocycles. The summed E-state index contributed by atoms with van der Waals surface area (Å²) in [5.74, 6) is 0.900. The second kappa shape index (κ2) is 13.1. The number of nitrogens with one attached hydrogen (secondary N) is 2. The normalized spacial score (nSPS) is 13.8. The summed E-state index contributed by atoms with van der Waals surface area (Å²) in [5, 5.41) is 11.2. The molecule has 0 heterocycles. The predicted molar refractivity (Wildman–Crippen MR) is 112 cm³/mol. The van der Waals surface area contributed by atoms with Gasteiger partial charge in [0.1, 0.15) is 0 Å². The Morgan fingerprint density at radius 1 is 1.23 bits per heavy atom. The van der Waals surface area contributed by atoms with E-state index in [-0.39, 0.29) is 17.3 Å². The average molecular weight is 368 g/mol. The van der Waals surface area contributed by atoms with Crippen LogP contribution in [0, 0.1) is 29.1 Å². The predicted octanol–water partition coefficient (Wildman–Crippen LogP) is 4.18. The summed E-state index contributed by atoms with van der Waals surface area (Å²) in [6, 6.07) is 0. The molecule has 1 radical (unpaired) electrons. The largest absolute Gasteiger partial charge is 0.370 e. The van der Waals surface area contributed by atoms with Crippen LogP contribution >= 0.6 is 0 Å². The summed E-state index contributed by atoms with van der Waals surface area (Å²) in [7, 11) is 0. The molecule has 1 amide bonds. The highest BCUT2D eigenvalue weighted by atomic mass is 16.2. The van der Waals surface area contributed by atoms with Crippen LogP contribution in [0.3, 0.4) is 0 Å². The van der Waals surface area contributed by atoms with Gasteiger partial charge in [0, 0.05) is 13.0 Å². The third-order valence-corrected chi connectivity index (χ3v) is 5.08. The van der Waals surface area contributed by atoms with Crippen LogP contribution in [0.1, 0.15) is 80.1 Å². The maximum Gasteiger partial charge on any atom is 0.229 e. The lowest BCUT2D eigenvalue weighted by Gasteiger charge is -2.38. The van der Waals surface area contributed by atoms with E-state index < -0.39 is 0 Å². The summed E-state index contributed by atoms with van der Waals surface area (Å²) in [6.07, 6.45) is 7.74. The summed E-state index contributed by atoms with van der Waals surface area (Å²) < 4.78 is 0. The van der Waals surface area contributed by atoms with E-state index in [1.165, 1.54) is 4.90 Å². The van der Waals surface area contributed by atoms with E-state index in [2.05, 4.69) is 46.4 Å². The van der Waals surface area contributed by atoms with E-state index >= 15 is 0 Å². The Balaban J connectivity index is 4.90. The Bertz CT molecular complexity index is 409. The highest BCUT2D eigenvalue weighted by Crippen LogP contribution is 2.41. The van der Waals surface area contributed by atoms with Crippen molar-refractivity contribution in [2.45, 2.75) is 80.1 Å². The van der Waals surface area contributed by atoms with Crippen molar-refractivity contribution in [3.05, 3.63) is 6.42 Å². The Morgan fingerprint density at radius 3 is 2.35 bits per heavy atom. The van der Waals surface area contributed by atoms with E-state index in [1.807, 2.05) is 6.92 Å². The van der Waals surface area contributed by atoms with Gasteiger partial charge in [-0.05, 0) is 56.0 Å². The summed E-state index contributed by atoms with van der Waals surface area (Å²) in [5.41, 5.74) is 5.52. The SMILES string of the molecule is CC[CH]C(CCCCNCC(C)C)(CC(=O)N(CCC)C(=N)N)C(C)C. The van der Waals surface area contributed by atoms with Crippen molar-refractivity contribution in [2.24, 2.45) is 23.0 Å². The van der Waals surface area contributed by atoms with Crippen molar-refractivity contribution in [3.8, 4) is 0 Å². The number of hydrogen-bond acceptors (Lipinski definition) is 3. The zero-order valence-corrected chi connectivity index (χ0v) is 18.0. The molecule has 5 heteroatoms. The first-order chi connectivity index (χ1) is 12.2. The van der Waals surface area contributed by atoms with Gasteiger partial charge in [0.2, 0.25) is 5.91 Å². The van der Waals surface area contributed by atoms with Crippen LogP contribution in [0.2, 0.25) is 0 Å². The minimum atomic E-state index is -0.135. The van der Waals surface area contributed by atoms with Gasteiger partial charge < -0.3 is 11.1 Å². The van der Waals surface area contributed by atoms with Crippen LogP contribution in [0.15, 0.2) is 0 Å². The van der Waals surface area contributed by atoms with Crippen molar-refractivity contribution in [2.75, 3.05) is 19.6 Å². The van der Waals surface area contributed by atoms with Crippen molar-refractivity contribution in [1.29, 1.82) is 5.41 Å². The van der Waals surface area contributed by atoms with Gasteiger partial charge in [-0.2, -0.15) is 0 Å². The number of guanidine groups is 1. The minimum Gasteiger partial charge on any atom is -0.370 e. The maximum absolute atomic E-state index is 12.9. The number of hydrogen-bond donors (Lipinski definition) is 3. The smallest absolute Gasteiger partial charge is 0.229 e. The van der Waals surface area contributed by atoms with Crippen molar-refractivity contribution < 1.29 is 4.79 Å². The molecule has 0 aliphatic heterocycles. The number of carbonyl (C=O) groups is 1. The molecule has 0 aliphatic rings. The van der Waals surface area contributed by atoms with E-state index in [1.54, 1.807) is 0 Å². The zero-order valence-electron chi connectivity index (χ0n) is 18.0. The van der Waals surface area contributed by atoms with Crippen LogP contribution in [0.4, 0.5) is 0 Å². The van der Waals surface area contributed by atoms with Crippen LogP contribution in [-0.2, 0) is 4.79 Å². The first kappa shape index (κ1) is 24.9. The minimum absolute atomic E-state index is 0.0179. The second-order valence-corrected chi connectivity index (χ2v) is 8.16. The van der Waals surface area contributed by atoms with Gasteiger partial charge >= 0.3 is 0 Å². The lowest BCUT2D eigenvalue weighted by atomic mass is 9.68. The molecule has 26 heavy (non-hydrogen) atoms. The third-order valence-electron chi connectivity index (χ3n) is 5.08. The maximum atomic E-state index is 12.9. The summed E-state index contributed by atoms with van der Waals surface area (Å²) in [4.78, 5) is 14.3. The molecule has 0 aromatic rings. The van der Waals surface area contributed by atoms with Gasteiger partial charge in [-0.25, -0.2) is 0 Å². The second-order valence-electron chi connectivity index (χ2n) is 8.16. The standard InChI is InChI=1S/C21H43N4O/c1-7-11-21(18(5)6,12-9-10-13-24-16-17(3)4)15-19(26)25(14-8-2)20(22)23/h11,17-18,24H,7-10,12-16H2,1-6H3,(H3,22,23). The molecule has 0 spiro atoms. The summed E-state index contributed by atoms with van der Waals surface area (Å²) >= 11 is 0. The van der Waals surface area contributed by atoms with Crippen LogP contribution in [-0.4, -0.2) is 36.4 Å². The van der Waals surface area contributed by atoms with Gasteiger partial charge in [-0.15, -0.1) is 0 Å². The van der Waals surface area contributed by atoms with E-state index in [0.29, 0.717) is 24.8 Å². The average Bonchev–Trinajstić information content (AvgIpc) is 2.54. The number of unbranched alkanes of at least 4 members (excludes halogenated alkanes) is 1. The molecule has 1 atom stereocenters. The van der Waals surface area contributed by atoms with Gasteiger partial charge in [0.15, 0.2) is 5.96 Å². The van der Waals surface area contributed by atoms with Crippen molar-refractivity contribution >= 4 is 11.9 Å². The van der Waals surface area contributed by atoms with Crippen LogP contribution in [0.25, 0.3) is 0 Å². The summed E-state index contributed by atoms with van der Waals surface area (Å²) in [6.45, 7) is 15.6. The van der Waals surface area contributed by atoms with Gasteiger partial charge in [0.25, 0.3) is 0 Å². The van der Waals surface area contributed by atoms with E-state index in [0.717, 1.165) is 45.2 Å². The Morgan fingerprint density at radius 2 is 1.88 bits per heavy atom. The molecule has 0 bridgehead atoms. The highest BCUT2D eigenvalue weighted by Gasteiger charge is 2.36.